The molecule has 0 aliphatic rings. The molecule has 8 nitrogen and oxygen atoms in total. The van der Waals surface area contributed by atoms with E-state index in [1.165, 1.54) is 26.0 Å². The van der Waals surface area contributed by atoms with Crippen molar-refractivity contribution >= 4 is 22.4 Å². The standard InChI is InChI=1S/C25H23N3O5/c1-15-9-10-22(33-4)21(11-15)26-24(29)23-19-7-5-6-8-20(19)25(30)28(27-23)16-12-17(31-2)14-18(13-16)32-3/h5-14H,1-4H3,(H,26,29). The predicted molar refractivity (Wildman–Crippen MR) is 126 cm³/mol. The first-order chi connectivity index (χ1) is 15.9. The lowest BCUT2D eigenvalue weighted by Crippen LogP contribution is -2.26. The molecule has 0 atom stereocenters. The van der Waals surface area contributed by atoms with E-state index in [0.717, 1.165) is 5.56 Å². The van der Waals surface area contributed by atoms with E-state index >= 15 is 0 Å². The summed E-state index contributed by atoms with van der Waals surface area (Å²) in [6, 6.07) is 17.3. The minimum atomic E-state index is -0.473. The molecule has 0 unspecified atom stereocenters. The zero-order chi connectivity index (χ0) is 23.5. The van der Waals surface area contributed by atoms with Gasteiger partial charge in [0, 0.05) is 23.6 Å². The number of fused-ring (bicyclic) bond motifs is 1. The monoisotopic (exact) mass is 445 g/mol. The molecular formula is C25H23N3O5. The Morgan fingerprint density at radius 3 is 2.18 bits per heavy atom. The van der Waals surface area contributed by atoms with Crippen LogP contribution in [0.1, 0.15) is 16.1 Å². The molecule has 168 valence electrons. The summed E-state index contributed by atoms with van der Waals surface area (Å²) >= 11 is 0. The van der Waals surface area contributed by atoms with E-state index in [4.69, 9.17) is 14.2 Å². The maximum absolute atomic E-state index is 13.4. The van der Waals surface area contributed by atoms with Crippen LogP contribution in [-0.4, -0.2) is 37.0 Å². The predicted octanol–water partition coefficient (Wildman–Crippen LogP) is 3.97. The summed E-state index contributed by atoms with van der Waals surface area (Å²) in [4.78, 5) is 26.6. The molecule has 0 radical (unpaired) electrons. The third kappa shape index (κ3) is 4.23. The van der Waals surface area contributed by atoms with Crippen LogP contribution in [0.4, 0.5) is 5.69 Å². The molecule has 0 aliphatic carbocycles. The quantitative estimate of drug-likeness (QED) is 0.483. The molecule has 1 amide bonds. The van der Waals surface area contributed by atoms with E-state index in [1.807, 2.05) is 19.1 Å². The first-order valence-corrected chi connectivity index (χ1v) is 10.2. The van der Waals surface area contributed by atoms with Crippen LogP contribution in [-0.2, 0) is 0 Å². The molecule has 33 heavy (non-hydrogen) atoms. The van der Waals surface area contributed by atoms with Gasteiger partial charge in [-0.15, -0.1) is 0 Å². The van der Waals surface area contributed by atoms with Gasteiger partial charge in [-0.2, -0.15) is 9.78 Å². The summed E-state index contributed by atoms with van der Waals surface area (Å²) in [7, 11) is 4.57. The minimum Gasteiger partial charge on any atom is -0.497 e. The molecule has 0 bridgehead atoms. The summed E-state index contributed by atoms with van der Waals surface area (Å²) in [5.74, 6) is 1.02. The Kier molecular flexibility index (Phi) is 5.99. The first kappa shape index (κ1) is 21.9. The van der Waals surface area contributed by atoms with Crippen molar-refractivity contribution in [3.8, 4) is 22.9 Å². The molecule has 0 aliphatic heterocycles. The molecule has 0 saturated carbocycles. The summed E-state index contributed by atoms with van der Waals surface area (Å²) in [6.07, 6.45) is 0. The Labute approximate surface area is 190 Å². The Bertz CT molecular complexity index is 1390. The molecule has 0 fully saturated rings. The van der Waals surface area contributed by atoms with Crippen molar-refractivity contribution in [2.75, 3.05) is 26.6 Å². The number of carbonyl (C=O) groups is 1. The molecule has 3 aromatic carbocycles. The van der Waals surface area contributed by atoms with Crippen LogP contribution < -0.4 is 25.1 Å². The number of carbonyl (C=O) groups excluding carboxylic acids is 1. The maximum Gasteiger partial charge on any atom is 0.279 e. The maximum atomic E-state index is 13.4. The van der Waals surface area contributed by atoms with Crippen molar-refractivity contribution in [3.05, 3.63) is 82.3 Å². The van der Waals surface area contributed by atoms with Crippen LogP contribution in [0.3, 0.4) is 0 Å². The SMILES string of the molecule is COc1cc(OC)cc(-n2nc(C(=O)Nc3cc(C)ccc3OC)c3ccccc3c2=O)c1. The highest BCUT2D eigenvalue weighted by Crippen LogP contribution is 2.27. The largest absolute Gasteiger partial charge is 0.497 e. The number of benzene rings is 3. The number of anilines is 1. The van der Waals surface area contributed by atoms with Gasteiger partial charge in [-0.1, -0.05) is 24.3 Å². The first-order valence-electron chi connectivity index (χ1n) is 10.2. The third-order valence-electron chi connectivity index (χ3n) is 5.20. The lowest BCUT2D eigenvalue weighted by molar-refractivity contribution is 0.102. The Balaban J connectivity index is 1.90. The van der Waals surface area contributed by atoms with E-state index in [0.29, 0.717) is 39.4 Å². The van der Waals surface area contributed by atoms with Crippen molar-refractivity contribution in [1.82, 2.24) is 9.78 Å². The smallest absolute Gasteiger partial charge is 0.279 e. The van der Waals surface area contributed by atoms with Crippen LogP contribution in [0.2, 0.25) is 0 Å². The number of nitrogens with zero attached hydrogens (tertiary/aromatic N) is 2. The normalized spacial score (nSPS) is 10.7. The van der Waals surface area contributed by atoms with Crippen molar-refractivity contribution in [2.24, 2.45) is 0 Å². The second-order valence-corrected chi connectivity index (χ2v) is 7.34. The summed E-state index contributed by atoms with van der Waals surface area (Å²) in [5.41, 5.74) is 1.59. The third-order valence-corrected chi connectivity index (χ3v) is 5.20. The molecule has 0 saturated heterocycles. The minimum absolute atomic E-state index is 0.0931. The zero-order valence-electron chi connectivity index (χ0n) is 18.7. The van der Waals surface area contributed by atoms with Crippen LogP contribution in [0.15, 0.2) is 65.5 Å². The van der Waals surface area contributed by atoms with E-state index in [2.05, 4.69) is 10.4 Å². The average molecular weight is 445 g/mol. The van der Waals surface area contributed by atoms with Crippen LogP contribution in [0, 0.1) is 6.92 Å². The van der Waals surface area contributed by atoms with Crippen molar-refractivity contribution in [3.63, 3.8) is 0 Å². The second-order valence-electron chi connectivity index (χ2n) is 7.34. The number of ether oxygens (including phenoxy) is 3. The van der Waals surface area contributed by atoms with Gasteiger partial charge in [0.2, 0.25) is 0 Å². The van der Waals surface area contributed by atoms with Gasteiger partial charge in [0.25, 0.3) is 11.5 Å². The number of nitrogens with one attached hydrogen (secondary N) is 1. The second kappa shape index (κ2) is 9.04. The molecule has 4 aromatic rings. The summed E-state index contributed by atoms with van der Waals surface area (Å²) < 4.78 is 17.2. The fourth-order valence-electron chi connectivity index (χ4n) is 3.55. The molecule has 1 heterocycles. The average Bonchev–Trinajstić information content (AvgIpc) is 2.84. The summed E-state index contributed by atoms with van der Waals surface area (Å²) in [5, 5.41) is 8.10. The van der Waals surface area contributed by atoms with Gasteiger partial charge in [0.15, 0.2) is 5.69 Å². The van der Waals surface area contributed by atoms with Crippen LogP contribution in [0.5, 0.6) is 17.2 Å². The highest BCUT2D eigenvalue weighted by Gasteiger charge is 2.19. The molecule has 1 aromatic heterocycles. The van der Waals surface area contributed by atoms with Gasteiger partial charge in [0.1, 0.15) is 17.2 Å². The Hall–Kier alpha value is -4.33. The number of hydrogen-bond acceptors (Lipinski definition) is 6. The molecular weight excluding hydrogens is 422 g/mol. The van der Waals surface area contributed by atoms with Gasteiger partial charge in [-0.25, -0.2) is 0 Å². The van der Waals surface area contributed by atoms with E-state index in [1.54, 1.807) is 48.5 Å². The van der Waals surface area contributed by atoms with Crippen LogP contribution in [0.25, 0.3) is 16.5 Å². The van der Waals surface area contributed by atoms with Crippen LogP contribution >= 0.6 is 0 Å². The molecule has 1 N–H and O–H groups in total. The highest BCUT2D eigenvalue weighted by atomic mass is 16.5. The fourth-order valence-corrected chi connectivity index (χ4v) is 3.55. The summed E-state index contributed by atoms with van der Waals surface area (Å²) in [6.45, 7) is 1.92. The van der Waals surface area contributed by atoms with E-state index in [9.17, 15) is 9.59 Å². The van der Waals surface area contributed by atoms with Gasteiger partial charge < -0.3 is 19.5 Å². The van der Waals surface area contributed by atoms with Gasteiger partial charge in [0.05, 0.1) is 38.1 Å². The number of methoxy groups -OCH3 is 3. The fraction of sp³-hybridized carbons (Fsp3) is 0.160. The highest BCUT2D eigenvalue weighted by molar-refractivity contribution is 6.11. The van der Waals surface area contributed by atoms with Crippen molar-refractivity contribution in [2.45, 2.75) is 6.92 Å². The number of aromatic nitrogens is 2. The van der Waals surface area contributed by atoms with Gasteiger partial charge >= 0.3 is 0 Å². The van der Waals surface area contributed by atoms with Gasteiger partial charge in [-0.05, 0) is 30.7 Å². The van der Waals surface area contributed by atoms with E-state index < -0.39 is 5.91 Å². The molecule has 4 rings (SSSR count). The lowest BCUT2D eigenvalue weighted by atomic mass is 10.1. The Morgan fingerprint density at radius 2 is 1.55 bits per heavy atom. The Morgan fingerprint density at radius 1 is 0.879 bits per heavy atom. The number of amides is 1. The number of rotatable bonds is 6. The topological polar surface area (TPSA) is 91.7 Å². The number of hydrogen-bond donors (Lipinski definition) is 1. The van der Waals surface area contributed by atoms with E-state index in [-0.39, 0.29) is 11.3 Å². The zero-order valence-corrected chi connectivity index (χ0v) is 18.7. The number of aryl methyl sites for hydroxylation is 1. The van der Waals surface area contributed by atoms with Gasteiger partial charge in [-0.3, -0.25) is 9.59 Å². The molecule has 0 spiro atoms. The lowest BCUT2D eigenvalue weighted by Gasteiger charge is -2.14. The van der Waals surface area contributed by atoms with Crippen molar-refractivity contribution < 1.29 is 19.0 Å². The van der Waals surface area contributed by atoms with Crippen molar-refractivity contribution in [1.29, 1.82) is 0 Å². The molecule has 8 heteroatoms.